The van der Waals surface area contributed by atoms with Gasteiger partial charge in [-0.1, -0.05) is 41.4 Å². The Morgan fingerprint density at radius 1 is 0.905 bits per heavy atom. The first-order valence-electron chi connectivity index (χ1n) is 6.43. The Morgan fingerprint density at radius 2 is 1.52 bits per heavy atom. The van der Waals surface area contributed by atoms with Gasteiger partial charge in [0.05, 0.1) is 0 Å². The fourth-order valence-electron chi connectivity index (χ4n) is 1.98. The molecule has 5 heteroatoms. The van der Waals surface area contributed by atoms with Crippen LogP contribution in [0, 0.1) is 6.92 Å². The summed E-state index contributed by atoms with van der Waals surface area (Å²) >= 11 is 5.84. The van der Waals surface area contributed by atoms with Gasteiger partial charge in [0, 0.05) is 16.1 Å². The van der Waals surface area contributed by atoms with Crippen LogP contribution in [-0.4, -0.2) is 15.2 Å². The topological polar surface area (TPSA) is 58.6 Å². The average molecular weight is 298 g/mol. The summed E-state index contributed by atoms with van der Waals surface area (Å²) < 4.78 is 0. The molecular weight excluding hydrogens is 286 g/mol. The van der Waals surface area contributed by atoms with E-state index in [-0.39, 0.29) is 5.56 Å². The molecule has 0 unspecified atom stereocenters. The summed E-state index contributed by atoms with van der Waals surface area (Å²) in [5.41, 5.74) is 2.68. The number of hydrogen-bond acceptors (Lipinski definition) is 3. The summed E-state index contributed by atoms with van der Waals surface area (Å²) in [6.07, 6.45) is 0. The summed E-state index contributed by atoms with van der Waals surface area (Å²) in [6, 6.07) is 14.6. The molecule has 0 saturated heterocycles. The molecule has 0 bridgehead atoms. The molecule has 0 spiro atoms. The Kier molecular flexibility index (Phi) is 3.54. The van der Waals surface area contributed by atoms with E-state index in [4.69, 9.17) is 11.6 Å². The number of halogens is 1. The van der Waals surface area contributed by atoms with Crippen LogP contribution in [0.25, 0.3) is 22.6 Å². The third kappa shape index (κ3) is 2.85. The summed E-state index contributed by atoms with van der Waals surface area (Å²) in [4.78, 5) is 14.9. The third-order valence-corrected chi connectivity index (χ3v) is 3.39. The van der Waals surface area contributed by atoms with Crippen molar-refractivity contribution in [2.45, 2.75) is 6.92 Å². The molecule has 4 nitrogen and oxygen atoms in total. The van der Waals surface area contributed by atoms with E-state index in [1.165, 1.54) is 0 Å². The lowest BCUT2D eigenvalue weighted by atomic mass is 10.1. The molecule has 0 aliphatic heterocycles. The first kappa shape index (κ1) is 13.5. The van der Waals surface area contributed by atoms with Gasteiger partial charge in [-0.05, 0) is 31.2 Å². The third-order valence-electron chi connectivity index (χ3n) is 3.14. The Hall–Kier alpha value is -2.46. The summed E-state index contributed by atoms with van der Waals surface area (Å²) in [5.74, 6) is 0.424. The number of aromatic nitrogens is 3. The Bertz CT molecular complexity index is 823. The minimum atomic E-state index is -0.265. The number of H-pyrrole nitrogens is 1. The Balaban J connectivity index is 2.02. The molecule has 0 saturated carbocycles. The zero-order chi connectivity index (χ0) is 14.8. The molecule has 0 radical (unpaired) electrons. The zero-order valence-corrected chi connectivity index (χ0v) is 12.1. The van der Waals surface area contributed by atoms with Crippen LogP contribution in [0.2, 0.25) is 5.02 Å². The van der Waals surface area contributed by atoms with Crippen molar-refractivity contribution in [3.05, 3.63) is 69.5 Å². The van der Waals surface area contributed by atoms with Crippen molar-refractivity contribution in [1.29, 1.82) is 0 Å². The van der Waals surface area contributed by atoms with E-state index in [1.807, 2.05) is 31.2 Å². The SMILES string of the molecule is Cc1ccc(-c2nnc(-c3ccc(Cl)cc3)[nH]c2=O)cc1. The van der Waals surface area contributed by atoms with Crippen LogP contribution in [0.15, 0.2) is 53.3 Å². The monoisotopic (exact) mass is 297 g/mol. The van der Waals surface area contributed by atoms with Crippen molar-refractivity contribution in [2.75, 3.05) is 0 Å². The molecule has 0 fully saturated rings. The average Bonchev–Trinajstić information content (AvgIpc) is 2.49. The van der Waals surface area contributed by atoms with Crippen LogP contribution in [-0.2, 0) is 0 Å². The summed E-state index contributed by atoms with van der Waals surface area (Å²) in [5, 5.41) is 8.77. The van der Waals surface area contributed by atoms with Crippen LogP contribution in [0.3, 0.4) is 0 Å². The standard InChI is InChI=1S/C16H12ClN3O/c1-10-2-4-11(5-3-10)14-16(21)18-15(20-19-14)12-6-8-13(17)9-7-12/h2-9H,1H3,(H,18,20,21). The molecule has 0 atom stereocenters. The molecule has 104 valence electrons. The molecule has 2 aromatic carbocycles. The van der Waals surface area contributed by atoms with E-state index in [1.54, 1.807) is 24.3 Å². The van der Waals surface area contributed by atoms with Gasteiger partial charge in [0.15, 0.2) is 11.5 Å². The molecule has 0 aliphatic rings. The number of aryl methyl sites for hydroxylation is 1. The number of nitrogens with zero attached hydrogens (tertiary/aromatic N) is 2. The van der Waals surface area contributed by atoms with Crippen molar-refractivity contribution in [3.63, 3.8) is 0 Å². The van der Waals surface area contributed by atoms with Crippen molar-refractivity contribution in [1.82, 2.24) is 15.2 Å². The van der Waals surface area contributed by atoms with Gasteiger partial charge in [0.2, 0.25) is 0 Å². The number of rotatable bonds is 2. The minimum Gasteiger partial charge on any atom is -0.303 e. The maximum Gasteiger partial charge on any atom is 0.278 e. The van der Waals surface area contributed by atoms with Crippen LogP contribution < -0.4 is 5.56 Å². The first-order chi connectivity index (χ1) is 10.1. The van der Waals surface area contributed by atoms with Gasteiger partial charge in [-0.25, -0.2) is 0 Å². The van der Waals surface area contributed by atoms with Crippen LogP contribution >= 0.6 is 11.6 Å². The fourth-order valence-corrected chi connectivity index (χ4v) is 2.10. The first-order valence-corrected chi connectivity index (χ1v) is 6.81. The van der Waals surface area contributed by atoms with Gasteiger partial charge in [-0.3, -0.25) is 4.79 Å². The lowest BCUT2D eigenvalue weighted by Crippen LogP contribution is -2.14. The molecule has 0 aliphatic carbocycles. The number of hydrogen-bond donors (Lipinski definition) is 1. The highest BCUT2D eigenvalue weighted by molar-refractivity contribution is 6.30. The van der Waals surface area contributed by atoms with Gasteiger partial charge in [-0.15, -0.1) is 10.2 Å². The molecule has 0 amide bonds. The Morgan fingerprint density at radius 3 is 2.14 bits per heavy atom. The van der Waals surface area contributed by atoms with Gasteiger partial charge in [0.1, 0.15) is 0 Å². The van der Waals surface area contributed by atoms with Gasteiger partial charge < -0.3 is 4.98 Å². The maximum atomic E-state index is 12.2. The predicted molar refractivity (Wildman–Crippen MR) is 83.3 cm³/mol. The van der Waals surface area contributed by atoms with Crippen LogP contribution in [0.1, 0.15) is 5.56 Å². The van der Waals surface area contributed by atoms with E-state index in [9.17, 15) is 4.79 Å². The second-order valence-electron chi connectivity index (χ2n) is 4.72. The molecular formula is C16H12ClN3O. The molecule has 21 heavy (non-hydrogen) atoms. The largest absolute Gasteiger partial charge is 0.303 e. The molecule has 3 aromatic rings. The van der Waals surface area contributed by atoms with E-state index in [0.717, 1.165) is 16.7 Å². The van der Waals surface area contributed by atoms with Crippen molar-refractivity contribution in [2.24, 2.45) is 0 Å². The molecule has 1 aromatic heterocycles. The van der Waals surface area contributed by atoms with Crippen LogP contribution in [0.4, 0.5) is 0 Å². The second-order valence-corrected chi connectivity index (χ2v) is 5.16. The van der Waals surface area contributed by atoms with Gasteiger partial charge in [-0.2, -0.15) is 0 Å². The predicted octanol–water partition coefficient (Wildman–Crippen LogP) is 3.46. The summed E-state index contributed by atoms with van der Waals surface area (Å²) in [6.45, 7) is 1.99. The Labute approximate surface area is 126 Å². The smallest absolute Gasteiger partial charge is 0.278 e. The molecule has 1 heterocycles. The van der Waals surface area contributed by atoms with Gasteiger partial charge >= 0.3 is 0 Å². The molecule has 3 rings (SSSR count). The van der Waals surface area contributed by atoms with Crippen molar-refractivity contribution < 1.29 is 0 Å². The lowest BCUT2D eigenvalue weighted by Gasteiger charge is -2.03. The lowest BCUT2D eigenvalue weighted by molar-refractivity contribution is 0.963. The quantitative estimate of drug-likeness (QED) is 0.788. The van der Waals surface area contributed by atoms with E-state index >= 15 is 0 Å². The zero-order valence-electron chi connectivity index (χ0n) is 11.3. The van der Waals surface area contributed by atoms with E-state index in [2.05, 4.69) is 15.2 Å². The highest BCUT2D eigenvalue weighted by Gasteiger charge is 2.08. The van der Waals surface area contributed by atoms with E-state index < -0.39 is 0 Å². The molecule has 1 N–H and O–H groups in total. The highest BCUT2D eigenvalue weighted by atomic mass is 35.5. The van der Waals surface area contributed by atoms with Crippen LogP contribution in [0.5, 0.6) is 0 Å². The highest BCUT2D eigenvalue weighted by Crippen LogP contribution is 2.18. The number of benzene rings is 2. The normalized spacial score (nSPS) is 10.6. The number of nitrogens with one attached hydrogen (secondary N) is 1. The fraction of sp³-hybridized carbons (Fsp3) is 0.0625. The second kappa shape index (κ2) is 5.50. The minimum absolute atomic E-state index is 0.265. The van der Waals surface area contributed by atoms with Crippen molar-refractivity contribution in [3.8, 4) is 22.6 Å². The van der Waals surface area contributed by atoms with E-state index in [0.29, 0.717) is 16.5 Å². The van der Waals surface area contributed by atoms with Crippen molar-refractivity contribution >= 4 is 11.6 Å². The number of aromatic amines is 1. The van der Waals surface area contributed by atoms with Gasteiger partial charge in [0.25, 0.3) is 5.56 Å². The summed E-state index contributed by atoms with van der Waals surface area (Å²) in [7, 11) is 0. The maximum absolute atomic E-state index is 12.2.